The summed E-state index contributed by atoms with van der Waals surface area (Å²) in [5.74, 6) is 1.21. The van der Waals surface area contributed by atoms with Gasteiger partial charge in [0.2, 0.25) is 0 Å². The first-order chi connectivity index (χ1) is 10.6. The van der Waals surface area contributed by atoms with E-state index < -0.39 is 0 Å². The van der Waals surface area contributed by atoms with Crippen LogP contribution in [0, 0.1) is 5.92 Å². The second kappa shape index (κ2) is 6.48. The van der Waals surface area contributed by atoms with Gasteiger partial charge in [0.1, 0.15) is 5.75 Å². The number of aromatic amines is 1. The van der Waals surface area contributed by atoms with Crippen molar-refractivity contribution in [3.63, 3.8) is 0 Å². The standard InChI is InChI=1S/C17H23N3O2/c1-12(10-20-7-3-4-13(20)2)11-22-15-6-5-14-9-18-19-17(21)16(14)8-15/h5-6,8-9,12-13H,3-4,7,10-11H2,1-2H3,(H,19,21). The summed E-state index contributed by atoms with van der Waals surface area (Å²) in [5, 5.41) is 7.70. The quantitative estimate of drug-likeness (QED) is 0.921. The van der Waals surface area contributed by atoms with Crippen molar-refractivity contribution in [2.45, 2.75) is 32.7 Å². The summed E-state index contributed by atoms with van der Waals surface area (Å²) in [6, 6.07) is 6.25. The van der Waals surface area contributed by atoms with Crippen LogP contribution < -0.4 is 10.3 Å². The molecule has 2 heterocycles. The summed E-state index contributed by atoms with van der Waals surface area (Å²) in [6.45, 7) is 7.44. The van der Waals surface area contributed by atoms with Crippen molar-refractivity contribution >= 4 is 10.8 Å². The Morgan fingerprint density at radius 2 is 2.36 bits per heavy atom. The zero-order valence-corrected chi connectivity index (χ0v) is 13.2. The average molecular weight is 301 g/mol. The van der Waals surface area contributed by atoms with Crippen molar-refractivity contribution in [2.75, 3.05) is 19.7 Å². The lowest BCUT2D eigenvalue weighted by Gasteiger charge is -2.24. The number of benzene rings is 1. The second-order valence-electron chi connectivity index (χ2n) is 6.35. The van der Waals surface area contributed by atoms with Crippen LogP contribution in [0.1, 0.15) is 26.7 Å². The van der Waals surface area contributed by atoms with Gasteiger partial charge in [-0.25, -0.2) is 5.10 Å². The topological polar surface area (TPSA) is 58.2 Å². The van der Waals surface area contributed by atoms with Gasteiger partial charge in [0.15, 0.2) is 0 Å². The van der Waals surface area contributed by atoms with Crippen LogP contribution in [0.5, 0.6) is 5.75 Å². The molecule has 1 aromatic heterocycles. The number of nitrogens with zero attached hydrogens (tertiary/aromatic N) is 2. The molecule has 1 saturated heterocycles. The molecule has 0 aliphatic carbocycles. The molecule has 0 saturated carbocycles. The molecule has 1 aliphatic heterocycles. The fourth-order valence-electron chi connectivity index (χ4n) is 3.11. The van der Waals surface area contributed by atoms with Crippen molar-refractivity contribution in [1.82, 2.24) is 15.1 Å². The first kappa shape index (κ1) is 15.0. The molecule has 5 nitrogen and oxygen atoms in total. The van der Waals surface area contributed by atoms with E-state index in [2.05, 4.69) is 28.9 Å². The Kier molecular flexibility index (Phi) is 4.43. The molecular formula is C17H23N3O2. The van der Waals surface area contributed by atoms with Gasteiger partial charge in [0.25, 0.3) is 5.56 Å². The molecule has 0 amide bonds. The minimum absolute atomic E-state index is 0.179. The number of likely N-dealkylation sites (tertiary alicyclic amines) is 1. The maximum atomic E-state index is 11.8. The van der Waals surface area contributed by atoms with Crippen LogP contribution in [0.2, 0.25) is 0 Å². The molecule has 5 heteroatoms. The van der Waals surface area contributed by atoms with Gasteiger partial charge in [-0.1, -0.05) is 6.92 Å². The fourth-order valence-corrected chi connectivity index (χ4v) is 3.11. The zero-order valence-electron chi connectivity index (χ0n) is 13.2. The minimum Gasteiger partial charge on any atom is -0.493 e. The summed E-state index contributed by atoms with van der Waals surface area (Å²) >= 11 is 0. The number of hydrogen-bond donors (Lipinski definition) is 1. The lowest BCUT2D eigenvalue weighted by Crippen LogP contribution is -2.33. The minimum atomic E-state index is -0.179. The molecule has 1 fully saturated rings. The first-order valence-electron chi connectivity index (χ1n) is 7.98. The Morgan fingerprint density at radius 1 is 1.50 bits per heavy atom. The van der Waals surface area contributed by atoms with Gasteiger partial charge in [-0.2, -0.15) is 5.10 Å². The monoisotopic (exact) mass is 301 g/mol. The van der Waals surface area contributed by atoms with Crippen molar-refractivity contribution in [3.8, 4) is 5.75 Å². The molecule has 1 aromatic carbocycles. The number of H-pyrrole nitrogens is 1. The molecule has 1 aliphatic rings. The van der Waals surface area contributed by atoms with Crippen LogP contribution in [0.4, 0.5) is 0 Å². The third-order valence-corrected chi connectivity index (χ3v) is 4.41. The Morgan fingerprint density at radius 3 is 3.14 bits per heavy atom. The van der Waals surface area contributed by atoms with Crippen LogP contribution >= 0.6 is 0 Å². The lowest BCUT2D eigenvalue weighted by atomic mass is 10.1. The van der Waals surface area contributed by atoms with Gasteiger partial charge in [-0.3, -0.25) is 4.79 Å². The van der Waals surface area contributed by atoms with E-state index in [0.29, 0.717) is 24.0 Å². The summed E-state index contributed by atoms with van der Waals surface area (Å²) < 4.78 is 5.88. The Labute approximate surface area is 130 Å². The van der Waals surface area contributed by atoms with Gasteiger partial charge >= 0.3 is 0 Å². The van der Waals surface area contributed by atoms with Crippen molar-refractivity contribution < 1.29 is 4.74 Å². The van der Waals surface area contributed by atoms with E-state index in [1.54, 1.807) is 12.3 Å². The summed E-state index contributed by atoms with van der Waals surface area (Å²) in [4.78, 5) is 14.3. The molecule has 0 bridgehead atoms. The zero-order chi connectivity index (χ0) is 15.5. The molecule has 0 spiro atoms. The third-order valence-electron chi connectivity index (χ3n) is 4.41. The number of fused-ring (bicyclic) bond motifs is 1. The molecule has 0 radical (unpaired) electrons. The number of rotatable bonds is 5. The summed E-state index contributed by atoms with van der Waals surface area (Å²) in [6.07, 6.45) is 4.25. The summed E-state index contributed by atoms with van der Waals surface area (Å²) in [5.41, 5.74) is -0.179. The number of hydrogen-bond acceptors (Lipinski definition) is 4. The van der Waals surface area contributed by atoms with E-state index in [1.807, 2.05) is 12.1 Å². The normalized spacial score (nSPS) is 20.4. The summed E-state index contributed by atoms with van der Waals surface area (Å²) in [7, 11) is 0. The predicted molar refractivity (Wildman–Crippen MR) is 87.3 cm³/mol. The predicted octanol–water partition coefficient (Wildman–Crippen LogP) is 2.42. The van der Waals surface area contributed by atoms with Crippen molar-refractivity contribution in [1.29, 1.82) is 0 Å². The number of aromatic nitrogens is 2. The van der Waals surface area contributed by atoms with Crippen LogP contribution in [0.3, 0.4) is 0 Å². The first-order valence-corrected chi connectivity index (χ1v) is 7.98. The maximum absolute atomic E-state index is 11.8. The number of nitrogens with one attached hydrogen (secondary N) is 1. The Hall–Kier alpha value is -1.88. The maximum Gasteiger partial charge on any atom is 0.272 e. The highest BCUT2D eigenvalue weighted by molar-refractivity contribution is 5.81. The second-order valence-corrected chi connectivity index (χ2v) is 6.35. The van der Waals surface area contributed by atoms with Gasteiger partial charge in [0.05, 0.1) is 18.2 Å². The van der Waals surface area contributed by atoms with Gasteiger partial charge in [-0.15, -0.1) is 0 Å². The van der Waals surface area contributed by atoms with E-state index in [-0.39, 0.29) is 5.56 Å². The van der Waals surface area contributed by atoms with E-state index in [9.17, 15) is 4.79 Å². The van der Waals surface area contributed by atoms with Gasteiger partial charge < -0.3 is 9.64 Å². The van der Waals surface area contributed by atoms with E-state index in [4.69, 9.17) is 4.74 Å². The largest absolute Gasteiger partial charge is 0.493 e. The van der Waals surface area contributed by atoms with Gasteiger partial charge in [-0.05, 0) is 44.5 Å². The third kappa shape index (κ3) is 3.30. The SMILES string of the molecule is CC(COc1ccc2cn[nH]c(=O)c2c1)CN1CCCC1C. The van der Waals surface area contributed by atoms with E-state index >= 15 is 0 Å². The van der Waals surface area contributed by atoms with Crippen LogP contribution in [-0.4, -0.2) is 40.8 Å². The molecule has 2 atom stereocenters. The van der Waals surface area contributed by atoms with E-state index in [0.717, 1.165) is 17.7 Å². The molecule has 2 unspecified atom stereocenters. The molecule has 118 valence electrons. The highest BCUT2D eigenvalue weighted by atomic mass is 16.5. The van der Waals surface area contributed by atoms with E-state index in [1.165, 1.54) is 19.4 Å². The molecule has 1 N–H and O–H groups in total. The van der Waals surface area contributed by atoms with Crippen LogP contribution in [0.25, 0.3) is 10.8 Å². The highest BCUT2D eigenvalue weighted by Crippen LogP contribution is 2.20. The lowest BCUT2D eigenvalue weighted by molar-refractivity contribution is 0.181. The molecule has 22 heavy (non-hydrogen) atoms. The molecule has 2 aromatic rings. The molecule has 3 rings (SSSR count). The Bertz CT molecular complexity index is 698. The van der Waals surface area contributed by atoms with Gasteiger partial charge in [0, 0.05) is 23.9 Å². The Balaban J connectivity index is 1.61. The van der Waals surface area contributed by atoms with Crippen LogP contribution in [-0.2, 0) is 0 Å². The number of ether oxygens (including phenoxy) is 1. The van der Waals surface area contributed by atoms with Crippen LogP contribution in [0.15, 0.2) is 29.2 Å². The smallest absolute Gasteiger partial charge is 0.272 e. The molecular weight excluding hydrogens is 278 g/mol. The van der Waals surface area contributed by atoms with Crippen molar-refractivity contribution in [3.05, 3.63) is 34.7 Å². The highest BCUT2D eigenvalue weighted by Gasteiger charge is 2.21. The fraction of sp³-hybridized carbons (Fsp3) is 0.529. The van der Waals surface area contributed by atoms with Crippen molar-refractivity contribution in [2.24, 2.45) is 5.92 Å². The average Bonchev–Trinajstić information content (AvgIpc) is 2.91.